The molecule has 0 fully saturated rings. The van der Waals surface area contributed by atoms with Gasteiger partial charge < -0.3 is 15.4 Å². The number of rotatable bonds is 10. The Morgan fingerprint density at radius 2 is 1.71 bits per heavy atom. The van der Waals surface area contributed by atoms with E-state index < -0.39 is 22.5 Å². The maximum absolute atomic E-state index is 12.7. The van der Waals surface area contributed by atoms with Crippen molar-refractivity contribution in [3.63, 3.8) is 0 Å². The summed E-state index contributed by atoms with van der Waals surface area (Å²) in [7, 11) is -3.73. The summed E-state index contributed by atoms with van der Waals surface area (Å²) in [6, 6.07) is 13.0. The number of nitrogens with one attached hydrogen (secondary N) is 2. The zero-order valence-electron chi connectivity index (χ0n) is 18.2. The number of sulfonamides is 1. The number of carbonyl (C=O) groups excluding carboxylic acids is 2. The van der Waals surface area contributed by atoms with Crippen LogP contribution in [0.15, 0.2) is 48.5 Å². The second-order valence-corrected chi connectivity index (χ2v) is 9.19. The summed E-state index contributed by atoms with van der Waals surface area (Å²) in [5, 5.41) is 5.41. The maximum atomic E-state index is 12.7. The monoisotopic (exact) mass is 447 g/mol. The lowest BCUT2D eigenvalue weighted by atomic mass is 10.1. The van der Waals surface area contributed by atoms with Gasteiger partial charge in [0.25, 0.3) is 5.91 Å². The molecular formula is C22H29N3O5S. The molecule has 0 aliphatic heterocycles. The fourth-order valence-corrected chi connectivity index (χ4v) is 3.66. The molecule has 0 saturated heterocycles. The van der Waals surface area contributed by atoms with Gasteiger partial charge in [0.2, 0.25) is 15.9 Å². The number of nitrogens with zero attached hydrogens (tertiary/aromatic N) is 1. The number of hydrogen-bond donors (Lipinski definition) is 2. The van der Waals surface area contributed by atoms with Crippen molar-refractivity contribution in [2.24, 2.45) is 0 Å². The second-order valence-electron chi connectivity index (χ2n) is 7.28. The van der Waals surface area contributed by atoms with Crippen molar-refractivity contribution in [2.75, 3.05) is 29.0 Å². The first-order valence-electron chi connectivity index (χ1n) is 10.0. The Balaban J connectivity index is 2.19. The Morgan fingerprint density at radius 3 is 2.29 bits per heavy atom. The highest BCUT2D eigenvalue weighted by Crippen LogP contribution is 2.23. The van der Waals surface area contributed by atoms with Gasteiger partial charge in [-0.25, -0.2) is 8.42 Å². The van der Waals surface area contributed by atoms with Crippen LogP contribution in [0.25, 0.3) is 0 Å². The summed E-state index contributed by atoms with van der Waals surface area (Å²) in [5.74, 6) is -0.272. The van der Waals surface area contributed by atoms with Gasteiger partial charge >= 0.3 is 0 Å². The van der Waals surface area contributed by atoms with Crippen molar-refractivity contribution in [1.29, 1.82) is 0 Å². The summed E-state index contributed by atoms with van der Waals surface area (Å²) >= 11 is 0. The molecule has 2 aromatic carbocycles. The zero-order valence-corrected chi connectivity index (χ0v) is 19.0. The topological polar surface area (TPSA) is 105 Å². The van der Waals surface area contributed by atoms with Crippen LogP contribution in [-0.4, -0.2) is 45.7 Å². The molecule has 2 rings (SSSR count). The Labute approximate surface area is 183 Å². The molecular weight excluding hydrogens is 418 g/mol. The van der Waals surface area contributed by atoms with Gasteiger partial charge in [-0.15, -0.1) is 0 Å². The number of para-hydroxylation sites is 1. The first kappa shape index (κ1) is 24.2. The molecule has 8 nitrogen and oxygen atoms in total. The van der Waals surface area contributed by atoms with Crippen molar-refractivity contribution >= 4 is 33.2 Å². The molecule has 2 N–H and O–H groups in total. The molecule has 0 unspecified atom stereocenters. The lowest BCUT2D eigenvalue weighted by Gasteiger charge is -2.22. The predicted octanol–water partition coefficient (Wildman–Crippen LogP) is 3.02. The zero-order chi connectivity index (χ0) is 23.0. The quantitative estimate of drug-likeness (QED) is 0.583. The molecule has 0 aliphatic rings. The fraction of sp³-hybridized carbons (Fsp3) is 0.364. The van der Waals surface area contributed by atoms with Gasteiger partial charge in [-0.2, -0.15) is 0 Å². The molecule has 0 saturated carbocycles. The lowest BCUT2D eigenvalue weighted by Crippen LogP contribution is -2.37. The number of carbonyl (C=O) groups is 2. The van der Waals surface area contributed by atoms with E-state index in [9.17, 15) is 18.0 Å². The van der Waals surface area contributed by atoms with E-state index in [0.717, 1.165) is 17.0 Å². The lowest BCUT2D eigenvalue weighted by molar-refractivity contribution is -0.114. The molecule has 0 heterocycles. The molecule has 0 radical (unpaired) electrons. The van der Waals surface area contributed by atoms with Crippen molar-refractivity contribution in [2.45, 2.75) is 33.3 Å². The average Bonchev–Trinajstić information content (AvgIpc) is 2.70. The van der Waals surface area contributed by atoms with Crippen LogP contribution in [0, 0.1) is 0 Å². The molecule has 0 spiro atoms. The third kappa shape index (κ3) is 7.29. The third-order valence-electron chi connectivity index (χ3n) is 4.17. The van der Waals surface area contributed by atoms with Crippen LogP contribution in [0.3, 0.4) is 0 Å². The second kappa shape index (κ2) is 10.8. The summed E-state index contributed by atoms with van der Waals surface area (Å²) in [4.78, 5) is 25.0. The van der Waals surface area contributed by atoms with E-state index in [0.29, 0.717) is 29.2 Å². The molecule has 0 atom stereocenters. The van der Waals surface area contributed by atoms with Gasteiger partial charge in [0.05, 0.1) is 29.3 Å². The highest BCUT2D eigenvalue weighted by Gasteiger charge is 2.22. The van der Waals surface area contributed by atoms with Crippen LogP contribution in [0.5, 0.6) is 5.75 Å². The van der Waals surface area contributed by atoms with Crippen LogP contribution in [0.1, 0.15) is 37.6 Å². The van der Waals surface area contributed by atoms with Gasteiger partial charge in [0.1, 0.15) is 12.3 Å². The SMILES string of the molecule is CCCNC(=O)c1ccccc1NC(=O)CN(c1ccc(OC(C)C)cc1)S(C)(=O)=O. The van der Waals surface area contributed by atoms with Crippen molar-refractivity contribution < 1.29 is 22.7 Å². The molecule has 168 valence electrons. The molecule has 31 heavy (non-hydrogen) atoms. The number of anilines is 2. The third-order valence-corrected chi connectivity index (χ3v) is 5.31. The number of hydrogen-bond acceptors (Lipinski definition) is 5. The van der Waals surface area contributed by atoms with Crippen LogP contribution < -0.4 is 19.7 Å². The van der Waals surface area contributed by atoms with E-state index >= 15 is 0 Å². The number of benzene rings is 2. The highest BCUT2D eigenvalue weighted by molar-refractivity contribution is 7.92. The largest absolute Gasteiger partial charge is 0.491 e. The summed E-state index contributed by atoms with van der Waals surface area (Å²) < 4.78 is 31.2. The average molecular weight is 448 g/mol. The van der Waals surface area contributed by atoms with Gasteiger partial charge in [0, 0.05) is 6.54 Å². The normalized spacial score (nSPS) is 11.1. The van der Waals surface area contributed by atoms with Crippen LogP contribution in [-0.2, 0) is 14.8 Å². The molecule has 0 bridgehead atoms. The summed E-state index contributed by atoms with van der Waals surface area (Å²) in [6.07, 6.45) is 1.80. The predicted molar refractivity (Wildman–Crippen MR) is 122 cm³/mol. The standard InChI is InChI=1S/C22H29N3O5S/c1-5-14-23-22(27)19-8-6-7-9-20(19)24-21(26)15-25(31(4,28)29)17-10-12-18(13-11-17)30-16(2)3/h6-13,16H,5,14-15H2,1-4H3,(H,23,27)(H,24,26). The summed E-state index contributed by atoms with van der Waals surface area (Å²) in [6.45, 7) is 5.80. The Morgan fingerprint density at radius 1 is 1.06 bits per heavy atom. The Bertz CT molecular complexity index is 1000. The molecule has 2 aromatic rings. The first-order chi connectivity index (χ1) is 14.6. The minimum atomic E-state index is -3.73. The number of ether oxygens (including phenoxy) is 1. The summed E-state index contributed by atoms with van der Waals surface area (Å²) in [5.41, 5.74) is 0.961. The minimum absolute atomic E-state index is 0.0165. The number of amides is 2. The van der Waals surface area contributed by atoms with E-state index in [1.165, 1.54) is 0 Å². The Hall–Kier alpha value is -3.07. The van der Waals surface area contributed by atoms with Crippen molar-refractivity contribution in [3.05, 3.63) is 54.1 Å². The van der Waals surface area contributed by atoms with Gasteiger partial charge in [-0.3, -0.25) is 13.9 Å². The highest BCUT2D eigenvalue weighted by atomic mass is 32.2. The van der Waals surface area contributed by atoms with Gasteiger partial charge in [-0.1, -0.05) is 19.1 Å². The van der Waals surface area contributed by atoms with Gasteiger partial charge in [-0.05, 0) is 56.7 Å². The first-order valence-corrected chi connectivity index (χ1v) is 11.9. The van der Waals surface area contributed by atoms with E-state index in [-0.39, 0.29) is 12.0 Å². The molecule has 0 aromatic heterocycles. The molecule has 0 aliphatic carbocycles. The fourth-order valence-electron chi connectivity index (χ4n) is 2.81. The molecule has 9 heteroatoms. The van der Waals surface area contributed by atoms with E-state index in [1.54, 1.807) is 48.5 Å². The minimum Gasteiger partial charge on any atom is -0.491 e. The van der Waals surface area contributed by atoms with Crippen LogP contribution in [0.2, 0.25) is 0 Å². The molecule has 2 amide bonds. The Kier molecular flexibility index (Phi) is 8.44. The van der Waals surface area contributed by atoms with E-state index in [4.69, 9.17) is 4.74 Å². The van der Waals surface area contributed by atoms with E-state index in [1.807, 2.05) is 20.8 Å². The van der Waals surface area contributed by atoms with Crippen molar-refractivity contribution in [3.8, 4) is 5.75 Å². The van der Waals surface area contributed by atoms with Gasteiger partial charge in [0.15, 0.2) is 0 Å². The maximum Gasteiger partial charge on any atom is 0.253 e. The van der Waals surface area contributed by atoms with Crippen LogP contribution >= 0.6 is 0 Å². The smallest absolute Gasteiger partial charge is 0.253 e. The van der Waals surface area contributed by atoms with Crippen molar-refractivity contribution in [1.82, 2.24) is 5.32 Å². The van der Waals surface area contributed by atoms with E-state index in [2.05, 4.69) is 10.6 Å². The van der Waals surface area contributed by atoms with Crippen LogP contribution in [0.4, 0.5) is 11.4 Å².